The molecule has 3 nitrogen and oxygen atoms in total. The minimum atomic E-state index is -1.14. The van der Waals surface area contributed by atoms with Gasteiger partial charge in [-0.05, 0) is 31.4 Å². The minimum absolute atomic E-state index is 0.291. The fourth-order valence-corrected chi connectivity index (χ4v) is 2.00. The van der Waals surface area contributed by atoms with Crippen LogP contribution < -0.4 is 16.7 Å². The maximum atomic E-state index is 9.99. The van der Waals surface area contributed by atoms with Gasteiger partial charge in [-0.2, -0.15) is 0 Å². The molecule has 2 aromatic rings. The van der Waals surface area contributed by atoms with Crippen LogP contribution in [0.25, 0.3) is 10.9 Å². The van der Waals surface area contributed by atoms with E-state index in [1.807, 2.05) is 0 Å². The van der Waals surface area contributed by atoms with Crippen molar-refractivity contribution in [1.29, 1.82) is 0 Å². The molecule has 18 heavy (non-hydrogen) atoms. The number of halogens is 1. The summed E-state index contributed by atoms with van der Waals surface area (Å²) in [5.74, 6) is 0. The molecule has 2 rings (SSSR count). The highest BCUT2D eigenvalue weighted by atomic mass is 35.5. The van der Waals surface area contributed by atoms with Crippen LogP contribution in [-0.4, -0.2) is 25.8 Å². The number of nitrogens with two attached hydrogens (primary N) is 1. The first kappa shape index (κ1) is 13.2. The van der Waals surface area contributed by atoms with Gasteiger partial charge in [0.05, 0.1) is 16.9 Å². The third-order valence-electron chi connectivity index (χ3n) is 2.73. The van der Waals surface area contributed by atoms with Crippen molar-refractivity contribution in [2.75, 3.05) is 5.73 Å². The Morgan fingerprint density at radius 2 is 1.94 bits per heavy atom. The van der Waals surface area contributed by atoms with Crippen LogP contribution in [0.1, 0.15) is 19.5 Å². The normalized spacial score (nSPS) is 12.0. The van der Waals surface area contributed by atoms with E-state index >= 15 is 0 Å². The summed E-state index contributed by atoms with van der Waals surface area (Å²) >= 11 is 5.97. The van der Waals surface area contributed by atoms with Crippen molar-refractivity contribution < 1.29 is 5.11 Å². The summed E-state index contributed by atoms with van der Waals surface area (Å²) in [4.78, 5) is 4.32. The Morgan fingerprint density at radius 1 is 1.33 bits per heavy atom. The fourth-order valence-electron chi connectivity index (χ4n) is 1.84. The van der Waals surface area contributed by atoms with E-state index in [0.29, 0.717) is 38.2 Å². The Kier molecular flexibility index (Phi) is 3.07. The number of aromatic nitrogens is 1. The van der Waals surface area contributed by atoms with Gasteiger partial charge in [-0.15, -0.1) is 0 Å². The lowest BCUT2D eigenvalue weighted by atomic mass is 9.83. The van der Waals surface area contributed by atoms with Crippen LogP contribution in [0, 0.1) is 0 Å². The van der Waals surface area contributed by atoms with Crippen LogP contribution >= 0.6 is 11.6 Å². The average molecular weight is 256 g/mol. The van der Waals surface area contributed by atoms with Gasteiger partial charge in [0.15, 0.2) is 0 Å². The van der Waals surface area contributed by atoms with Gasteiger partial charge >= 0.3 is 0 Å². The first-order valence-electron chi connectivity index (χ1n) is 5.38. The molecule has 88 valence electrons. The molecule has 0 amide bonds. The number of rotatable bonds is 1. The quantitative estimate of drug-likeness (QED) is 0.721. The molecule has 0 saturated carbocycles. The van der Waals surface area contributed by atoms with Gasteiger partial charge in [-0.25, -0.2) is 4.98 Å². The molecular weight excluding hydrogens is 245 g/mol. The maximum Gasteiger partial charge on any atom is 0.116 e. The van der Waals surface area contributed by atoms with Gasteiger partial charge in [-0.3, -0.25) is 0 Å². The number of anilines is 1. The molecule has 0 bridgehead atoms. The molecule has 0 aliphatic carbocycles. The molecule has 1 aromatic heterocycles. The lowest BCUT2D eigenvalue weighted by Gasteiger charge is -2.20. The van der Waals surface area contributed by atoms with Crippen molar-refractivity contribution in [3.8, 4) is 0 Å². The first-order valence-corrected chi connectivity index (χ1v) is 5.76. The number of benzene rings is 1. The summed E-state index contributed by atoms with van der Waals surface area (Å²) in [6.07, 6.45) is 0. The van der Waals surface area contributed by atoms with Gasteiger partial charge in [-0.1, -0.05) is 22.5 Å². The van der Waals surface area contributed by atoms with Crippen molar-refractivity contribution in [1.82, 2.24) is 4.98 Å². The van der Waals surface area contributed by atoms with Crippen molar-refractivity contribution in [3.63, 3.8) is 0 Å². The highest BCUT2D eigenvalue weighted by Crippen LogP contribution is 2.26. The molecular formula is C12H11B2ClN2O. The van der Waals surface area contributed by atoms with Crippen LogP contribution in [-0.2, 0) is 5.60 Å². The number of hydrogen-bond acceptors (Lipinski definition) is 3. The van der Waals surface area contributed by atoms with Crippen LogP contribution in [0.4, 0.5) is 5.69 Å². The molecule has 0 fully saturated rings. The number of nitrogens with zero attached hydrogens (tertiary/aromatic N) is 1. The van der Waals surface area contributed by atoms with E-state index in [1.54, 1.807) is 26.0 Å². The van der Waals surface area contributed by atoms with Crippen molar-refractivity contribution in [3.05, 3.63) is 22.8 Å². The molecule has 0 spiro atoms. The van der Waals surface area contributed by atoms with Crippen LogP contribution in [0.2, 0.25) is 5.02 Å². The van der Waals surface area contributed by atoms with E-state index in [2.05, 4.69) is 4.98 Å². The molecule has 1 aromatic carbocycles. The highest BCUT2D eigenvalue weighted by molar-refractivity contribution is 6.55. The monoisotopic (exact) mass is 256 g/mol. The number of pyridine rings is 1. The second-order valence-corrected chi connectivity index (χ2v) is 5.12. The SMILES string of the molecule is [B]c1cc2nc(C(C)(C)O)c(N)cc2c([B])c1Cl. The van der Waals surface area contributed by atoms with Gasteiger partial charge in [0.2, 0.25) is 0 Å². The first-order chi connectivity index (χ1) is 8.21. The minimum Gasteiger partial charge on any atom is -0.397 e. The van der Waals surface area contributed by atoms with E-state index in [4.69, 9.17) is 33.0 Å². The second-order valence-electron chi connectivity index (χ2n) is 4.75. The predicted molar refractivity (Wildman–Crippen MR) is 77.2 cm³/mol. The summed E-state index contributed by atoms with van der Waals surface area (Å²) in [5, 5.41) is 10.9. The standard InChI is InChI=1S/C12H11B2ClN2O/c1-12(2,18)11-7(16)3-5-8(17-11)4-6(13)10(15)9(5)14/h3-4,18H,16H2,1-2H3. The highest BCUT2D eigenvalue weighted by Gasteiger charge is 2.22. The molecule has 0 aliphatic heterocycles. The average Bonchev–Trinajstić information content (AvgIpc) is 2.25. The van der Waals surface area contributed by atoms with E-state index in [9.17, 15) is 5.11 Å². The van der Waals surface area contributed by atoms with E-state index in [-0.39, 0.29) is 0 Å². The van der Waals surface area contributed by atoms with Gasteiger partial charge in [0.1, 0.15) is 21.3 Å². The number of hydrogen-bond donors (Lipinski definition) is 2. The Balaban J connectivity index is 2.85. The second kappa shape index (κ2) is 4.18. The van der Waals surface area contributed by atoms with Gasteiger partial charge < -0.3 is 10.8 Å². The third kappa shape index (κ3) is 2.08. The molecule has 1 heterocycles. The zero-order chi connectivity index (χ0) is 13.7. The maximum absolute atomic E-state index is 9.99. The van der Waals surface area contributed by atoms with E-state index in [0.717, 1.165) is 0 Å². The fraction of sp³-hybridized carbons (Fsp3) is 0.250. The van der Waals surface area contributed by atoms with Crippen molar-refractivity contribution in [2.45, 2.75) is 19.4 Å². The predicted octanol–water partition coefficient (Wildman–Crippen LogP) is 0.285. The van der Waals surface area contributed by atoms with Crippen LogP contribution in [0.5, 0.6) is 0 Å². The molecule has 6 heteroatoms. The summed E-state index contributed by atoms with van der Waals surface area (Å²) < 4.78 is 0. The third-order valence-corrected chi connectivity index (χ3v) is 3.16. The lowest BCUT2D eigenvalue weighted by molar-refractivity contribution is 0.0751. The Hall–Kier alpha value is -1.19. The molecule has 0 atom stereocenters. The Bertz CT molecular complexity index is 638. The van der Waals surface area contributed by atoms with Crippen molar-refractivity contribution >= 4 is 54.8 Å². The summed E-state index contributed by atoms with van der Waals surface area (Å²) in [5.41, 5.74) is 6.73. The van der Waals surface area contributed by atoms with E-state index in [1.165, 1.54) is 0 Å². The Labute approximate surface area is 113 Å². The molecule has 0 aliphatic rings. The molecule has 4 radical (unpaired) electrons. The van der Waals surface area contributed by atoms with Gasteiger partial charge in [0, 0.05) is 5.02 Å². The van der Waals surface area contributed by atoms with E-state index < -0.39 is 5.60 Å². The smallest absolute Gasteiger partial charge is 0.116 e. The summed E-state index contributed by atoms with van der Waals surface area (Å²) in [6, 6.07) is 3.26. The van der Waals surface area contributed by atoms with Crippen molar-refractivity contribution in [2.24, 2.45) is 0 Å². The number of aliphatic hydroxyl groups is 1. The summed E-state index contributed by atoms with van der Waals surface area (Å²) in [7, 11) is 11.6. The Morgan fingerprint density at radius 3 is 2.50 bits per heavy atom. The number of fused-ring (bicyclic) bond motifs is 1. The molecule has 3 N–H and O–H groups in total. The lowest BCUT2D eigenvalue weighted by Crippen LogP contribution is -2.23. The number of nitrogen functional groups attached to an aromatic ring is 1. The zero-order valence-corrected chi connectivity index (χ0v) is 10.9. The largest absolute Gasteiger partial charge is 0.397 e. The van der Waals surface area contributed by atoms with Gasteiger partial charge in [0.25, 0.3) is 0 Å². The van der Waals surface area contributed by atoms with Crippen LogP contribution in [0.15, 0.2) is 12.1 Å². The summed E-state index contributed by atoms with van der Waals surface area (Å²) in [6.45, 7) is 3.22. The zero-order valence-electron chi connectivity index (χ0n) is 10.2. The molecule has 0 unspecified atom stereocenters. The van der Waals surface area contributed by atoms with Crippen LogP contribution in [0.3, 0.4) is 0 Å². The molecule has 0 saturated heterocycles. The topological polar surface area (TPSA) is 59.1 Å².